The molecule has 6 nitrogen and oxygen atoms in total. The maximum Gasteiger partial charge on any atom is 0.260 e. The van der Waals surface area contributed by atoms with Crippen molar-refractivity contribution < 1.29 is 13.2 Å². The molecule has 0 saturated heterocycles. The average Bonchev–Trinajstić information content (AvgIpc) is 2.43. The maximum atomic E-state index is 12.1. The fraction of sp³-hybridized carbons (Fsp3) is 0.467. The van der Waals surface area contributed by atoms with Crippen molar-refractivity contribution >= 4 is 50.5 Å². The van der Waals surface area contributed by atoms with Crippen molar-refractivity contribution in [3.63, 3.8) is 0 Å². The highest BCUT2D eigenvalue weighted by atomic mass is 35.5. The van der Waals surface area contributed by atoms with E-state index < -0.39 is 22.5 Å². The topological polar surface area (TPSA) is 78.8 Å². The van der Waals surface area contributed by atoms with Crippen LogP contribution in [-0.4, -0.2) is 32.8 Å². The molecule has 1 amide bonds. The predicted molar refractivity (Wildman–Crippen MR) is 99.4 cm³/mol. The highest BCUT2D eigenvalue weighted by Crippen LogP contribution is 2.33. The Labute approximate surface area is 152 Å². The minimum absolute atomic E-state index is 0.0618. The highest BCUT2D eigenvalue weighted by Gasteiger charge is 2.24. The number of anilines is 1. The van der Waals surface area contributed by atoms with Crippen LogP contribution in [0.15, 0.2) is 23.3 Å². The van der Waals surface area contributed by atoms with Gasteiger partial charge in [0.15, 0.2) is 0 Å². The van der Waals surface area contributed by atoms with Gasteiger partial charge in [0, 0.05) is 11.1 Å². The van der Waals surface area contributed by atoms with E-state index in [-0.39, 0.29) is 21.1 Å². The van der Waals surface area contributed by atoms with Crippen LogP contribution in [0.3, 0.4) is 0 Å². The third kappa shape index (κ3) is 5.65. The number of sulfonamides is 1. The van der Waals surface area contributed by atoms with E-state index in [2.05, 4.69) is 10.5 Å². The van der Waals surface area contributed by atoms with Crippen LogP contribution in [0.4, 0.5) is 5.69 Å². The number of hydrazone groups is 1. The SMILES string of the molecule is C/C(=N/NC(=O)CN(c1cccc(Cl)c1Cl)S(C)(=O)=O)C(C)(C)C. The van der Waals surface area contributed by atoms with E-state index >= 15 is 0 Å². The van der Waals surface area contributed by atoms with Crippen LogP contribution >= 0.6 is 23.2 Å². The zero-order valence-corrected chi connectivity index (χ0v) is 16.6. The van der Waals surface area contributed by atoms with Gasteiger partial charge >= 0.3 is 0 Å². The molecule has 0 saturated carbocycles. The molecule has 0 aliphatic rings. The van der Waals surface area contributed by atoms with E-state index in [1.165, 1.54) is 12.1 Å². The molecule has 0 fully saturated rings. The molecule has 24 heavy (non-hydrogen) atoms. The second-order valence-electron chi connectivity index (χ2n) is 6.32. The largest absolute Gasteiger partial charge is 0.271 e. The van der Waals surface area contributed by atoms with Gasteiger partial charge in [-0.05, 0) is 19.1 Å². The zero-order chi connectivity index (χ0) is 18.7. The average molecular weight is 394 g/mol. The van der Waals surface area contributed by atoms with Crippen LogP contribution in [0.1, 0.15) is 27.7 Å². The van der Waals surface area contributed by atoms with E-state index in [0.29, 0.717) is 5.71 Å². The molecule has 0 radical (unpaired) electrons. The molecular formula is C15H21Cl2N3O3S. The molecule has 134 valence electrons. The molecule has 0 aliphatic heterocycles. The minimum atomic E-state index is -3.74. The van der Waals surface area contributed by atoms with Crippen LogP contribution in [0.25, 0.3) is 0 Å². The van der Waals surface area contributed by atoms with Crippen LogP contribution in [0.2, 0.25) is 10.0 Å². The fourth-order valence-electron chi connectivity index (χ4n) is 1.55. The van der Waals surface area contributed by atoms with Gasteiger partial charge in [-0.3, -0.25) is 9.10 Å². The van der Waals surface area contributed by atoms with Crippen molar-refractivity contribution in [3.8, 4) is 0 Å². The number of hydrogen-bond donors (Lipinski definition) is 1. The van der Waals surface area contributed by atoms with E-state index in [9.17, 15) is 13.2 Å². The van der Waals surface area contributed by atoms with Crippen molar-refractivity contribution in [2.75, 3.05) is 17.1 Å². The summed E-state index contributed by atoms with van der Waals surface area (Å²) in [5.74, 6) is -0.583. The normalized spacial score (nSPS) is 12.9. The molecule has 1 rings (SSSR count). The Bertz CT molecular complexity index is 756. The Kier molecular flexibility index (Phi) is 6.67. The number of amides is 1. The molecule has 0 aliphatic carbocycles. The van der Waals surface area contributed by atoms with Gasteiger partial charge in [0.1, 0.15) is 6.54 Å². The van der Waals surface area contributed by atoms with Gasteiger partial charge in [-0.25, -0.2) is 13.8 Å². The number of nitrogens with one attached hydrogen (secondary N) is 1. The van der Waals surface area contributed by atoms with Crippen LogP contribution in [0.5, 0.6) is 0 Å². The second kappa shape index (κ2) is 7.72. The fourth-order valence-corrected chi connectivity index (χ4v) is 2.85. The van der Waals surface area contributed by atoms with Gasteiger partial charge in [0.25, 0.3) is 5.91 Å². The smallest absolute Gasteiger partial charge is 0.260 e. The van der Waals surface area contributed by atoms with Crippen molar-refractivity contribution in [1.82, 2.24) is 5.43 Å². The number of rotatable bonds is 5. The van der Waals surface area contributed by atoms with E-state index in [4.69, 9.17) is 23.2 Å². The maximum absolute atomic E-state index is 12.1. The Balaban J connectivity index is 3.05. The van der Waals surface area contributed by atoms with Gasteiger partial charge in [-0.1, -0.05) is 50.0 Å². The Morgan fingerprint density at radius 2 is 1.88 bits per heavy atom. The number of benzene rings is 1. The summed E-state index contributed by atoms with van der Waals surface area (Å²) < 4.78 is 25.0. The molecule has 1 aromatic rings. The molecule has 0 atom stereocenters. The standard InChI is InChI=1S/C15H21Cl2N3O3S/c1-10(15(2,3)4)18-19-13(21)9-20(24(5,22)23)12-8-6-7-11(16)14(12)17/h6-8H,9H2,1-5H3,(H,19,21)/b18-10-. The van der Waals surface area contributed by atoms with Crippen molar-refractivity contribution in [2.45, 2.75) is 27.7 Å². The first-order chi connectivity index (χ1) is 10.8. The summed E-state index contributed by atoms with van der Waals surface area (Å²) in [7, 11) is -3.74. The number of nitrogens with zero attached hydrogens (tertiary/aromatic N) is 2. The summed E-state index contributed by atoms with van der Waals surface area (Å²) in [5.41, 5.74) is 3.00. The lowest BCUT2D eigenvalue weighted by molar-refractivity contribution is -0.119. The Morgan fingerprint density at radius 3 is 2.38 bits per heavy atom. The molecule has 0 aromatic heterocycles. The first kappa shape index (κ1) is 20.7. The number of halogens is 2. The van der Waals surface area contributed by atoms with Gasteiger partial charge in [-0.15, -0.1) is 0 Å². The molecule has 1 aromatic carbocycles. The van der Waals surface area contributed by atoms with E-state index in [1.54, 1.807) is 13.0 Å². The van der Waals surface area contributed by atoms with Crippen LogP contribution < -0.4 is 9.73 Å². The summed E-state index contributed by atoms with van der Waals surface area (Å²) in [4.78, 5) is 12.1. The lowest BCUT2D eigenvalue weighted by atomic mass is 9.91. The Hall–Kier alpha value is -1.31. The molecule has 0 bridgehead atoms. The lowest BCUT2D eigenvalue weighted by Gasteiger charge is -2.23. The van der Waals surface area contributed by atoms with Crippen molar-refractivity contribution in [1.29, 1.82) is 0 Å². The van der Waals surface area contributed by atoms with Gasteiger partial charge in [0.2, 0.25) is 10.0 Å². The molecule has 0 spiro atoms. The third-order valence-electron chi connectivity index (χ3n) is 3.32. The quantitative estimate of drug-likeness (QED) is 0.615. The summed E-state index contributed by atoms with van der Waals surface area (Å²) in [6.45, 7) is 7.17. The summed E-state index contributed by atoms with van der Waals surface area (Å²) >= 11 is 12.0. The third-order valence-corrected chi connectivity index (χ3v) is 5.26. The molecular weight excluding hydrogens is 373 g/mol. The highest BCUT2D eigenvalue weighted by molar-refractivity contribution is 7.92. The molecule has 0 unspecified atom stereocenters. The summed E-state index contributed by atoms with van der Waals surface area (Å²) in [6, 6.07) is 4.57. The minimum Gasteiger partial charge on any atom is -0.271 e. The van der Waals surface area contributed by atoms with E-state index in [0.717, 1.165) is 10.6 Å². The number of hydrogen-bond acceptors (Lipinski definition) is 4. The zero-order valence-electron chi connectivity index (χ0n) is 14.2. The monoisotopic (exact) mass is 393 g/mol. The van der Waals surface area contributed by atoms with E-state index in [1.807, 2.05) is 20.8 Å². The molecule has 0 heterocycles. The van der Waals surface area contributed by atoms with Gasteiger partial charge < -0.3 is 0 Å². The summed E-state index contributed by atoms with van der Waals surface area (Å²) in [5, 5.41) is 4.26. The van der Waals surface area contributed by atoms with Crippen LogP contribution in [0, 0.1) is 5.41 Å². The van der Waals surface area contributed by atoms with Crippen molar-refractivity contribution in [2.24, 2.45) is 10.5 Å². The molecule has 1 N–H and O–H groups in total. The first-order valence-corrected chi connectivity index (χ1v) is 9.70. The van der Waals surface area contributed by atoms with Crippen molar-refractivity contribution in [3.05, 3.63) is 28.2 Å². The van der Waals surface area contributed by atoms with Gasteiger partial charge in [-0.2, -0.15) is 5.10 Å². The predicted octanol–water partition coefficient (Wildman–Crippen LogP) is 3.30. The Morgan fingerprint density at radius 1 is 1.29 bits per heavy atom. The summed E-state index contributed by atoms with van der Waals surface area (Å²) in [6.07, 6.45) is 0.987. The lowest BCUT2D eigenvalue weighted by Crippen LogP contribution is -2.39. The molecule has 9 heteroatoms. The van der Waals surface area contributed by atoms with Gasteiger partial charge in [0.05, 0.1) is 22.0 Å². The first-order valence-electron chi connectivity index (χ1n) is 7.09. The number of carbonyl (C=O) groups excluding carboxylic acids is 1. The van der Waals surface area contributed by atoms with Crippen LogP contribution in [-0.2, 0) is 14.8 Å². The second-order valence-corrected chi connectivity index (χ2v) is 9.02. The number of carbonyl (C=O) groups is 1.